The molecule has 0 aliphatic rings. The third-order valence-electron chi connectivity index (χ3n) is 3.23. The minimum Gasteiger partial charge on any atom is -0.478 e. The van der Waals surface area contributed by atoms with Gasteiger partial charge in [-0.15, -0.1) is 0 Å². The van der Waals surface area contributed by atoms with E-state index in [1.807, 2.05) is 6.92 Å². The molecule has 7 nitrogen and oxygen atoms in total. The monoisotopic (exact) mass is 344 g/mol. The SMILES string of the molecule is CCOc1ccc(Cl)c(C(=O)Nc2ccc3nc[nH]c(=O)c3c2)n1. The third-order valence-corrected chi connectivity index (χ3v) is 3.53. The number of carbonyl (C=O) groups excluding carboxylic acids is 1. The first-order chi connectivity index (χ1) is 11.6. The summed E-state index contributed by atoms with van der Waals surface area (Å²) in [4.78, 5) is 34.8. The second-order valence-corrected chi connectivity index (χ2v) is 5.24. The molecule has 0 aliphatic carbocycles. The van der Waals surface area contributed by atoms with Crippen molar-refractivity contribution < 1.29 is 9.53 Å². The van der Waals surface area contributed by atoms with E-state index in [1.54, 1.807) is 30.3 Å². The van der Waals surface area contributed by atoms with E-state index in [-0.39, 0.29) is 16.3 Å². The number of aromatic nitrogens is 3. The van der Waals surface area contributed by atoms with Gasteiger partial charge in [0.1, 0.15) is 0 Å². The van der Waals surface area contributed by atoms with Gasteiger partial charge in [0.2, 0.25) is 5.88 Å². The van der Waals surface area contributed by atoms with Gasteiger partial charge in [0.25, 0.3) is 11.5 Å². The van der Waals surface area contributed by atoms with Crippen LogP contribution in [0, 0.1) is 0 Å². The van der Waals surface area contributed by atoms with Crippen LogP contribution in [-0.4, -0.2) is 27.5 Å². The largest absolute Gasteiger partial charge is 0.478 e. The molecule has 0 unspecified atom stereocenters. The minimum atomic E-state index is -0.499. The normalized spacial score (nSPS) is 10.6. The number of benzene rings is 1. The number of nitrogens with zero attached hydrogens (tertiary/aromatic N) is 2. The first-order valence-electron chi connectivity index (χ1n) is 7.16. The molecule has 2 aromatic heterocycles. The molecule has 0 bridgehead atoms. The van der Waals surface area contributed by atoms with Crippen molar-refractivity contribution in [2.45, 2.75) is 6.92 Å². The van der Waals surface area contributed by atoms with Crippen LogP contribution in [0.25, 0.3) is 10.9 Å². The van der Waals surface area contributed by atoms with Crippen LogP contribution in [0.4, 0.5) is 5.69 Å². The summed E-state index contributed by atoms with van der Waals surface area (Å²) in [5, 5.41) is 3.24. The number of hydrogen-bond acceptors (Lipinski definition) is 5. The number of halogens is 1. The van der Waals surface area contributed by atoms with Gasteiger partial charge in [0.05, 0.1) is 28.9 Å². The maximum atomic E-state index is 12.4. The quantitative estimate of drug-likeness (QED) is 0.758. The van der Waals surface area contributed by atoms with Gasteiger partial charge in [-0.1, -0.05) is 11.6 Å². The van der Waals surface area contributed by atoms with E-state index in [9.17, 15) is 9.59 Å². The van der Waals surface area contributed by atoms with Crippen LogP contribution >= 0.6 is 11.6 Å². The average molecular weight is 345 g/mol. The van der Waals surface area contributed by atoms with Gasteiger partial charge in [-0.3, -0.25) is 9.59 Å². The van der Waals surface area contributed by atoms with Crippen molar-refractivity contribution in [1.82, 2.24) is 15.0 Å². The van der Waals surface area contributed by atoms with Gasteiger partial charge in [0.15, 0.2) is 5.69 Å². The van der Waals surface area contributed by atoms with Crippen LogP contribution in [0.3, 0.4) is 0 Å². The number of rotatable bonds is 4. The van der Waals surface area contributed by atoms with Crippen molar-refractivity contribution in [1.29, 1.82) is 0 Å². The number of anilines is 1. The summed E-state index contributed by atoms with van der Waals surface area (Å²) in [6, 6.07) is 7.96. The van der Waals surface area contributed by atoms with Crippen LogP contribution in [-0.2, 0) is 0 Å². The summed E-state index contributed by atoms with van der Waals surface area (Å²) in [5.74, 6) is -0.188. The van der Waals surface area contributed by atoms with E-state index in [0.717, 1.165) is 0 Å². The van der Waals surface area contributed by atoms with Gasteiger partial charge >= 0.3 is 0 Å². The molecule has 0 fully saturated rings. The molecule has 2 N–H and O–H groups in total. The minimum absolute atomic E-state index is 0.0443. The second kappa shape index (κ2) is 6.67. The van der Waals surface area contributed by atoms with Gasteiger partial charge in [-0.25, -0.2) is 9.97 Å². The lowest BCUT2D eigenvalue weighted by Crippen LogP contribution is -2.15. The standard InChI is InChI=1S/C16H13ClN4O3/c1-2-24-13-6-4-11(17)14(21-13)16(23)20-9-3-5-12-10(7-9)15(22)19-8-18-12/h3-8H,2H2,1H3,(H,20,23)(H,18,19,22). The summed E-state index contributed by atoms with van der Waals surface area (Å²) in [6.45, 7) is 2.24. The number of carbonyl (C=O) groups is 1. The summed E-state index contributed by atoms with van der Waals surface area (Å²) >= 11 is 6.03. The molecule has 2 heterocycles. The van der Waals surface area contributed by atoms with Crippen LogP contribution in [0.5, 0.6) is 5.88 Å². The van der Waals surface area contributed by atoms with Crippen molar-refractivity contribution in [3.8, 4) is 5.88 Å². The summed E-state index contributed by atoms with van der Waals surface area (Å²) in [7, 11) is 0. The molecule has 1 aromatic carbocycles. The number of nitrogens with one attached hydrogen (secondary N) is 2. The molecule has 0 atom stereocenters. The lowest BCUT2D eigenvalue weighted by atomic mass is 10.2. The van der Waals surface area contributed by atoms with Gasteiger partial charge in [-0.05, 0) is 31.2 Å². The fourth-order valence-electron chi connectivity index (χ4n) is 2.15. The van der Waals surface area contributed by atoms with Gasteiger partial charge < -0.3 is 15.0 Å². The van der Waals surface area contributed by atoms with E-state index < -0.39 is 5.91 Å². The number of fused-ring (bicyclic) bond motifs is 1. The van der Waals surface area contributed by atoms with Gasteiger partial charge in [0, 0.05) is 11.8 Å². The van der Waals surface area contributed by atoms with Crippen LogP contribution < -0.4 is 15.6 Å². The summed E-state index contributed by atoms with van der Waals surface area (Å²) in [5.41, 5.74) is 0.727. The Kier molecular flexibility index (Phi) is 4.43. The second-order valence-electron chi connectivity index (χ2n) is 4.83. The molecule has 0 saturated heterocycles. The highest BCUT2D eigenvalue weighted by atomic mass is 35.5. The molecular weight excluding hydrogens is 332 g/mol. The Morgan fingerprint density at radius 3 is 2.96 bits per heavy atom. The van der Waals surface area contributed by atoms with Crippen molar-refractivity contribution >= 4 is 34.1 Å². The zero-order valence-electron chi connectivity index (χ0n) is 12.7. The highest BCUT2D eigenvalue weighted by molar-refractivity contribution is 6.34. The van der Waals surface area contributed by atoms with Crippen LogP contribution in [0.15, 0.2) is 41.5 Å². The molecule has 24 heavy (non-hydrogen) atoms. The number of ether oxygens (including phenoxy) is 1. The Bertz CT molecular complexity index is 971. The third kappa shape index (κ3) is 3.21. The van der Waals surface area contributed by atoms with Crippen molar-refractivity contribution in [3.63, 3.8) is 0 Å². The number of amides is 1. The first kappa shape index (κ1) is 15.9. The molecule has 122 valence electrons. The molecule has 3 rings (SSSR count). The summed E-state index contributed by atoms with van der Waals surface area (Å²) < 4.78 is 5.27. The highest BCUT2D eigenvalue weighted by Gasteiger charge is 2.14. The van der Waals surface area contributed by atoms with E-state index in [1.165, 1.54) is 6.33 Å². The Morgan fingerprint density at radius 1 is 1.33 bits per heavy atom. The smallest absolute Gasteiger partial charge is 0.275 e. The number of aromatic amines is 1. The number of hydrogen-bond donors (Lipinski definition) is 2. The lowest BCUT2D eigenvalue weighted by molar-refractivity contribution is 0.102. The average Bonchev–Trinajstić information content (AvgIpc) is 2.57. The predicted octanol–water partition coefficient (Wildman–Crippen LogP) is 2.62. The Labute approximate surface area is 141 Å². The molecule has 0 saturated carbocycles. The molecule has 0 radical (unpaired) electrons. The highest BCUT2D eigenvalue weighted by Crippen LogP contribution is 2.20. The molecular formula is C16H13ClN4O3. The number of pyridine rings is 1. The topological polar surface area (TPSA) is 97.0 Å². The maximum absolute atomic E-state index is 12.4. The zero-order chi connectivity index (χ0) is 17.1. The molecule has 8 heteroatoms. The molecule has 1 amide bonds. The molecule has 0 spiro atoms. The van der Waals surface area contributed by atoms with E-state index >= 15 is 0 Å². The van der Waals surface area contributed by atoms with Crippen molar-refractivity contribution in [3.05, 3.63) is 57.7 Å². The fourth-order valence-corrected chi connectivity index (χ4v) is 2.34. The Morgan fingerprint density at radius 2 is 2.17 bits per heavy atom. The molecule has 3 aromatic rings. The Balaban J connectivity index is 1.91. The zero-order valence-corrected chi connectivity index (χ0v) is 13.4. The van der Waals surface area contributed by atoms with E-state index in [0.29, 0.717) is 29.1 Å². The number of H-pyrrole nitrogens is 1. The fraction of sp³-hybridized carbons (Fsp3) is 0.125. The van der Waals surface area contributed by atoms with Crippen LogP contribution in [0.1, 0.15) is 17.4 Å². The Hall–Kier alpha value is -2.93. The van der Waals surface area contributed by atoms with Crippen molar-refractivity contribution in [2.75, 3.05) is 11.9 Å². The van der Waals surface area contributed by atoms with E-state index in [4.69, 9.17) is 16.3 Å². The predicted molar refractivity (Wildman–Crippen MR) is 90.7 cm³/mol. The van der Waals surface area contributed by atoms with Crippen molar-refractivity contribution in [2.24, 2.45) is 0 Å². The molecule has 0 aliphatic heterocycles. The summed E-state index contributed by atoms with van der Waals surface area (Å²) in [6.07, 6.45) is 1.33. The van der Waals surface area contributed by atoms with Crippen LogP contribution in [0.2, 0.25) is 5.02 Å². The first-order valence-corrected chi connectivity index (χ1v) is 7.54. The lowest BCUT2D eigenvalue weighted by Gasteiger charge is -2.08. The van der Waals surface area contributed by atoms with Gasteiger partial charge in [-0.2, -0.15) is 0 Å². The maximum Gasteiger partial charge on any atom is 0.275 e. The van der Waals surface area contributed by atoms with E-state index in [2.05, 4.69) is 20.3 Å².